The number of hydrogen-bond donors (Lipinski definition) is 0. The molecule has 0 saturated heterocycles. The fraction of sp³-hybridized carbons (Fsp3) is 0. The van der Waals surface area contributed by atoms with Gasteiger partial charge in [-0.3, -0.25) is 4.79 Å². The zero-order valence-corrected chi connectivity index (χ0v) is 16.7. The number of hydrogen-bond acceptors (Lipinski definition) is 1. The van der Waals surface area contributed by atoms with Crippen molar-refractivity contribution < 1.29 is 4.79 Å². The summed E-state index contributed by atoms with van der Waals surface area (Å²) in [5, 5.41) is 0.689. The first-order valence-corrected chi connectivity index (χ1v) is 9.17. The van der Waals surface area contributed by atoms with Gasteiger partial charge >= 0.3 is 0 Å². The molecule has 26 heavy (non-hydrogen) atoms. The minimum Gasteiger partial charge on any atom is -0.289 e. The minimum absolute atomic E-state index is 0.0803. The van der Waals surface area contributed by atoms with Crippen LogP contribution in [0.2, 0.25) is 5.02 Å². The predicted molar refractivity (Wildman–Crippen MR) is 128 cm³/mol. The molecule has 0 aliphatic heterocycles. The second kappa shape index (κ2) is 7.29. The molecule has 3 rings (SSSR count). The Morgan fingerprint density at radius 1 is 0.692 bits per heavy atom. The lowest BCUT2D eigenvalue weighted by molar-refractivity contribution is 0.104. The van der Waals surface area contributed by atoms with E-state index in [0.29, 0.717) is 5.02 Å². The van der Waals surface area contributed by atoms with Gasteiger partial charge in [0.25, 0.3) is 0 Å². The number of benzene rings is 3. The highest BCUT2D eigenvalue weighted by atomic mass is 35.5. The van der Waals surface area contributed by atoms with Crippen LogP contribution < -0.4 is 27.3 Å². The molecule has 122 valence electrons. The van der Waals surface area contributed by atoms with Crippen molar-refractivity contribution >= 4 is 83.9 Å². The van der Waals surface area contributed by atoms with Gasteiger partial charge in [-0.1, -0.05) is 58.9 Å². The first-order valence-electron chi connectivity index (χ1n) is 8.79. The topological polar surface area (TPSA) is 17.1 Å². The van der Waals surface area contributed by atoms with Crippen LogP contribution in [0.4, 0.5) is 0 Å². The van der Waals surface area contributed by atoms with Gasteiger partial charge in [0.2, 0.25) is 0 Å². The normalized spacial score (nSPS) is 10.7. The molecule has 0 aliphatic rings. The van der Waals surface area contributed by atoms with E-state index in [1.165, 1.54) is 16.4 Å². The molecule has 3 aromatic rings. The minimum atomic E-state index is 0.0803. The van der Waals surface area contributed by atoms with Crippen LogP contribution >= 0.6 is 11.6 Å². The molecule has 1 nitrogen and oxygen atoms in total. The van der Waals surface area contributed by atoms with E-state index < -0.39 is 0 Å². The monoisotopic (exact) mass is 352 g/mol. The third kappa shape index (κ3) is 3.19. The third-order valence-corrected chi connectivity index (χ3v) is 5.81. The van der Waals surface area contributed by atoms with E-state index in [4.69, 9.17) is 11.6 Å². The lowest BCUT2D eigenvalue weighted by atomic mass is 9.59. The summed E-state index contributed by atoms with van der Waals surface area (Å²) >= 11 is 6.02. The van der Waals surface area contributed by atoms with Crippen molar-refractivity contribution in [1.29, 1.82) is 0 Å². The van der Waals surface area contributed by atoms with Crippen LogP contribution in [-0.2, 0) is 0 Å². The van der Waals surface area contributed by atoms with Crippen molar-refractivity contribution in [3.05, 3.63) is 64.7 Å². The van der Waals surface area contributed by atoms with Gasteiger partial charge in [-0.05, 0) is 23.3 Å². The number of carbonyl (C=O) groups excluding carboxylic acids is 1. The largest absolute Gasteiger partial charge is 0.289 e. The quantitative estimate of drug-likeness (QED) is 0.354. The summed E-state index contributed by atoms with van der Waals surface area (Å²) in [6.07, 6.45) is 0. The summed E-state index contributed by atoms with van der Waals surface area (Å²) in [5.74, 6) is 0.0803. The molecule has 0 saturated carbocycles. The van der Waals surface area contributed by atoms with Gasteiger partial charge in [0.1, 0.15) is 39.2 Å². The van der Waals surface area contributed by atoms with Crippen LogP contribution in [0.1, 0.15) is 15.9 Å². The standard InChI is InChI=1S/C19H18B5ClO/c20-14-13(15(21)17(23)18(24)16(14)22)19(26)12-4-2-1-3-11(12)9-5-7-10(25)8-6-9/h1-8H,20-24H2. The molecular weight excluding hydrogens is 334 g/mol. The molecule has 0 aromatic heterocycles. The van der Waals surface area contributed by atoms with Crippen LogP contribution in [0.5, 0.6) is 0 Å². The molecule has 0 amide bonds. The lowest BCUT2D eigenvalue weighted by Gasteiger charge is -2.20. The maximum atomic E-state index is 13.5. The van der Waals surface area contributed by atoms with Crippen molar-refractivity contribution in [3.8, 4) is 11.1 Å². The van der Waals surface area contributed by atoms with Gasteiger partial charge in [-0.15, -0.1) is 16.4 Å². The van der Waals surface area contributed by atoms with Crippen molar-refractivity contribution in [2.24, 2.45) is 0 Å². The summed E-state index contributed by atoms with van der Waals surface area (Å²) in [4.78, 5) is 13.5. The van der Waals surface area contributed by atoms with Crippen molar-refractivity contribution in [3.63, 3.8) is 0 Å². The van der Waals surface area contributed by atoms with E-state index >= 15 is 0 Å². The molecule has 0 fully saturated rings. The Morgan fingerprint density at radius 2 is 1.19 bits per heavy atom. The fourth-order valence-corrected chi connectivity index (χ4v) is 3.66. The summed E-state index contributed by atoms with van der Waals surface area (Å²) < 4.78 is 0. The first kappa shape index (κ1) is 18.7. The molecule has 0 atom stereocenters. The predicted octanol–water partition coefficient (Wildman–Crippen LogP) is -3.47. The highest BCUT2D eigenvalue weighted by Crippen LogP contribution is 2.26. The lowest BCUT2D eigenvalue weighted by Crippen LogP contribution is -2.57. The summed E-state index contributed by atoms with van der Waals surface area (Å²) in [6, 6.07) is 15.4. The average molecular weight is 352 g/mol. The number of carbonyl (C=O) groups is 1. The molecule has 0 radical (unpaired) electrons. The molecule has 0 aliphatic carbocycles. The van der Waals surface area contributed by atoms with Crippen molar-refractivity contribution in [2.75, 3.05) is 0 Å². The first-order chi connectivity index (χ1) is 12.3. The Bertz CT molecular complexity index is 986. The maximum absolute atomic E-state index is 13.5. The van der Waals surface area contributed by atoms with Gasteiger partial charge < -0.3 is 0 Å². The van der Waals surface area contributed by atoms with Gasteiger partial charge in [0.05, 0.1) is 0 Å². The molecule has 0 heterocycles. The van der Waals surface area contributed by atoms with E-state index in [1.807, 2.05) is 64.2 Å². The Hall–Kier alpha value is -2.06. The van der Waals surface area contributed by atoms with Crippen molar-refractivity contribution in [1.82, 2.24) is 0 Å². The molecule has 3 aromatic carbocycles. The third-order valence-electron chi connectivity index (χ3n) is 5.55. The molecule has 7 heteroatoms. The molecule has 0 N–H and O–H groups in total. The smallest absolute Gasteiger partial charge is 0.192 e. The second-order valence-electron chi connectivity index (χ2n) is 6.88. The van der Waals surface area contributed by atoms with Gasteiger partial charge in [0.15, 0.2) is 5.78 Å². The van der Waals surface area contributed by atoms with E-state index in [1.54, 1.807) is 0 Å². The zero-order valence-electron chi connectivity index (χ0n) is 15.9. The summed E-state index contributed by atoms with van der Waals surface area (Å²) in [5.41, 5.74) is 9.28. The number of ketones is 1. The zero-order chi connectivity index (χ0) is 19.0. The summed E-state index contributed by atoms with van der Waals surface area (Å²) in [6.45, 7) is 0. The molecule has 0 unspecified atom stereocenters. The van der Waals surface area contributed by atoms with Crippen LogP contribution in [0, 0.1) is 0 Å². The summed E-state index contributed by atoms with van der Waals surface area (Å²) in [7, 11) is 10.4. The van der Waals surface area contributed by atoms with E-state index in [9.17, 15) is 4.79 Å². The van der Waals surface area contributed by atoms with E-state index in [2.05, 4.69) is 23.5 Å². The van der Waals surface area contributed by atoms with Gasteiger partial charge in [-0.2, -0.15) is 0 Å². The molecular formula is C19H18B5ClO. The van der Waals surface area contributed by atoms with E-state index in [0.717, 1.165) is 33.2 Å². The number of rotatable bonds is 3. The van der Waals surface area contributed by atoms with Gasteiger partial charge in [-0.25, -0.2) is 0 Å². The Balaban J connectivity index is 2.21. The van der Waals surface area contributed by atoms with Crippen LogP contribution in [0.15, 0.2) is 48.5 Å². The van der Waals surface area contributed by atoms with E-state index in [-0.39, 0.29) is 5.78 Å². The number of halogens is 1. The molecule has 0 spiro atoms. The average Bonchev–Trinajstić information content (AvgIpc) is 2.65. The highest BCUT2D eigenvalue weighted by Gasteiger charge is 2.21. The van der Waals surface area contributed by atoms with Crippen LogP contribution in [0.25, 0.3) is 11.1 Å². The second-order valence-corrected chi connectivity index (χ2v) is 7.32. The Kier molecular flexibility index (Phi) is 5.25. The van der Waals surface area contributed by atoms with Crippen LogP contribution in [0.3, 0.4) is 0 Å². The Labute approximate surface area is 164 Å². The van der Waals surface area contributed by atoms with Crippen molar-refractivity contribution in [2.45, 2.75) is 0 Å². The fourth-order valence-electron chi connectivity index (χ4n) is 3.54. The Morgan fingerprint density at radius 3 is 1.77 bits per heavy atom. The van der Waals surface area contributed by atoms with Gasteiger partial charge in [0, 0.05) is 16.1 Å². The SMILES string of the molecule is Bc1c(B)c(B)c(C(=O)c2ccccc2-c2ccc(Cl)cc2)c(B)c1B. The molecule has 0 bridgehead atoms. The highest BCUT2D eigenvalue weighted by molar-refractivity contribution is 6.68. The maximum Gasteiger partial charge on any atom is 0.192 e. The van der Waals surface area contributed by atoms with Crippen LogP contribution in [-0.4, -0.2) is 45.0 Å².